The Morgan fingerprint density at radius 2 is 1.87 bits per heavy atom. The summed E-state index contributed by atoms with van der Waals surface area (Å²) in [6.45, 7) is 3.28. The molecule has 1 aliphatic heterocycles. The lowest BCUT2D eigenvalue weighted by molar-refractivity contribution is -0.171. The minimum atomic E-state index is -1.50. The van der Waals surface area contributed by atoms with Crippen LogP contribution in [0.2, 0.25) is 0 Å². The number of allylic oxidation sites excluding steroid dienone is 1. The van der Waals surface area contributed by atoms with Crippen molar-refractivity contribution in [2.75, 3.05) is 25.5 Å². The number of aliphatic hydroxyl groups excluding tert-OH is 1. The number of phenols is 2. The average molecular weight is 535 g/mol. The molecule has 2 fully saturated rings. The number of fused-ring (bicyclic) bond motifs is 1. The molecule has 2 aromatic carbocycles. The smallest absolute Gasteiger partial charge is 0.339 e. The van der Waals surface area contributed by atoms with Crippen molar-refractivity contribution in [3.8, 4) is 11.5 Å². The third kappa shape index (κ3) is 3.67. The van der Waals surface area contributed by atoms with E-state index in [-0.39, 0.29) is 46.5 Å². The number of carbonyl (C=O) groups excluding carboxylic acids is 2. The first-order chi connectivity index (χ1) is 18.6. The van der Waals surface area contributed by atoms with Gasteiger partial charge < -0.3 is 30.5 Å². The number of benzene rings is 2. The van der Waals surface area contributed by atoms with Gasteiger partial charge in [-0.3, -0.25) is 9.69 Å². The first kappa shape index (κ1) is 25.7. The molecule has 2 aromatic rings. The molecule has 9 nitrogen and oxygen atoms in total. The quantitative estimate of drug-likeness (QED) is 0.291. The van der Waals surface area contributed by atoms with Gasteiger partial charge in [-0.05, 0) is 61.9 Å². The summed E-state index contributed by atoms with van der Waals surface area (Å²) in [5, 5.41) is 48.6. The number of likely N-dealkylation sites (tertiary alicyclic amines) is 1. The highest BCUT2D eigenvalue weighted by atomic mass is 16.5. The molecular formula is C30H34N2O7. The van der Waals surface area contributed by atoms with Crippen LogP contribution < -0.4 is 5.32 Å². The number of methoxy groups -OCH3 is 1. The van der Waals surface area contributed by atoms with Crippen molar-refractivity contribution in [1.29, 1.82) is 0 Å². The normalized spacial score (nSPS) is 29.8. The van der Waals surface area contributed by atoms with Crippen LogP contribution in [0.1, 0.15) is 54.1 Å². The van der Waals surface area contributed by atoms with Crippen LogP contribution in [0.15, 0.2) is 47.7 Å². The van der Waals surface area contributed by atoms with Gasteiger partial charge in [-0.15, -0.1) is 0 Å². The van der Waals surface area contributed by atoms with Crippen molar-refractivity contribution in [2.45, 2.75) is 56.1 Å². The Balaban J connectivity index is 1.46. The summed E-state index contributed by atoms with van der Waals surface area (Å²) < 4.78 is 4.84. The highest BCUT2D eigenvalue weighted by molar-refractivity contribution is 6.08. The van der Waals surface area contributed by atoms with E-state index in [1.54, 1.807) is 31.2 Å². The minimum Gasteiger partial charge on any atom is -0.512 e. The third-order valence-corrected chi connectivity index (χ3v) is 9.61. The van der Waals surface area contributed by atoms with Crippen molar-refractivity contribution in [2.24, 2.45) is 11.8 Å². The van der Waals surface area contributed by atoms with Gasteiger partial charge in [0.05, 0.1) is 29.5 Å². The van der Waals surface area contributed by atoms with Crippen LogP contribution in [-0.2, 0) is 21.4 Å². The first-order valence-electron chi connectivity index (χ1n) is 13.5. The van der Waals surface area contributed by atoms with Crippen LogP contribution in [0.5, 0.6) is 11.5 Å². The zero-order valence-electron chi connectivity index (χ0n) is 22.1. The maximum Gasteiger partial charge on any atom is 0.339 e. The van der Waals surface area contributed by atoms with Crippen LogP contribution in [0.25, 0.3) is 0 Å². The maximum atomic E-state index is 13.7. The molecule has 4 atom stereocenters. The van der Waals surface area contributed by atoms with Gasteiger partial charge in [0.1, 0.15) is 5.76 Å². The number of carbonyl (C=O) groups is 2. The first-order valence-corrected chi connectivity index (χ1v) is 13.5. The molecule has 4 aliphatic rings. The number of aromatic hydroxyl groups is 2. The standard InChI is InChI=1S/C30H34N2O7/c1-16-25(34)20(27(36)31-21-6-4-3-5-19(21)28(37)39-2)14-30(38)23-13-18-9-10-22(33)26(35)24(18)29(16,30)11-12-32(23)15-17-7-8-17/h3-6,9-10,16-17,23,33-35,38H,7-8,11-15H2,1-2H3,(H,31,36)/t16-,23+,29+,30+/m0/s1. The zero-order chi connectivity index (χ0) is 27.7. The number of hydrogen-bond donors (Lipinski definition) is 5. The van der Waals surface area contributed by atoms with Crippen LogP contribution in [0.3, 0.4) is 0 Å². The van der Waals surface area contributed by atoms with Crippen LogP contribution >= 0.6 is 0 Å². The lowest BCUT2D eigenvalue weighted by Crippen LogP contribution is -2.75. The van der Waals surface area contributed by atoms with E-state index in [0.29, 0.717) is 30.9 Å². The summed E-state index contributed by atoms with van der Waals surface area (Å²) in [6.07, 6.45) is 3.06. The van der Waals surface area contributed by atoms with E-state index in [1.807, 2.05) is 0 Å². The van der Waals surface area contributed by atoms with E-state index in [9.17, 15) is 30.0 Å². The average Bonchev–Trinajstić information content (AvgIpc) is 3.74. The fourth-order valence-corrected chi connectivity index (χ4v) is 7.49. The summed E-state index contributed by atoms with van der Waals surface area (Å²) in [7, 11) is 1.26. The van der Waals surface area contributed by atoms with E-state index in [1.165, 1.54) is 19.2 Å². The molecule has 1 heterocycles. The molecule has 0 aromatic heterocycles. The molecule has 0 radical (unpaired) electrons. The molecular weight excluding hydrogens is 500 g/mol. The van der Waals surface area contributed by atoms with E-state index >= 15 is 0 Å². The molecule has 0 unspecified atom stereocenters. The number of hydrogen-bond acceptors (Lipinski definition) is 8. The Hall–Kier alpha value is -3.56. The van der Waals surface area contributed by atoms with E-state index in [2.05, 4.69) is 10.2 Å². The highest BCUT2D eigenvalue weighted by Crippen LogP contribution is 2.64. The van der Waals surface area contributed by atoms with Crippen LogP contribution in [-0.4, -0.2) is 69.0 Å². The Bertz CT molecular complexity index is 1400. The van der Waals surface area contributed by atoms with Crippen molar-refractivity contribution >= 4 is 17.6 Å². The Morgan fingerprint density at radius 3 is 2.59 bits per heavy atom. The topological polar surface area (TPSA) is 140 Å². The van der Waals surface area contributed by atoms with Crippen molar-refractivity contribution in [3.05, 3.63) is 64.4 Å². The van der Waals surface area contributed by atoms with Gasteiger partial charge in [0.2, 0.25) is 0 Å². The lowest BCUT2D eigenvalue weighted by atomic mass is 9.46. The number of ether oxygens (including phenoxy) is 1. The minimum absolute atomic E-state index is 0.0432. The van der Waals surface area contributed by atoms with E-state index in [4.69, 9.17) is 4.74 Å². The maximum absolute atomic E-state index is 13.7. The number of para-hydroxylation sites is 1. The predicted octanol–water partition coefficient (Wildman–Crippen LogP) is 3.38. The summed E-state index contributed by atoms with van der Waals surface area (Å²) in [5.41, 5.74) is -0.859. The van der Waals surface area contributed by atoms with Gasteiger partial charge >= 0.3 is 5.97 Å². The molecule has 5 N–H and O–H groups in total. The number of nitrogens with zero attached hydrogens (tertiary/aromatic N) is 1. The SMILES string of the molecule is COC(=O)c1ccccc1NC(=O)C1=C(O)[C@H](C)[C@]23CCN(CC4CC4)[C@H](Cc4ccc(O)c(O)c42)[C@]3(O)C1. The van der Waals surface area contributed by atoms with Gasteiger partial charge in [-0.1, -0.05) is 25.1 Å². The second-order valence-electron chi connectivity index (χ2n) is 11.5. The summed E-state index contributed by atoms with van der Waals surface area (Å²) in [5.74, 6) is -2.09. The van der Waals surface area contributed by atoms with Crippen molar-refractivity contribution in [1.82, 2.24) is 4.90 Å². The molecule has 1 saturated carbocycles. The Labute approximate surface area is 226 Å². The fourth-order valence-electron chi connectivity index (χ4n) is 7.49. The third-order valence-electron chi connectivity index (χ3n) is 9.61. The number of anilines is 1. The summed E-state index contributed by atoms with van der Waals surface area (Å²) in [4.78, 5) is 28.2. The molecule has 2 bridgehead atoms. The second-order valence-corrected chi connectivity index (χ2v) is 11.5. The fraction of sp³-hybridized carbons (Fsp3) is 0.467. The number of rotatable bonds is 5. The number of esters is 1. The lowest BCUT2D eigenvalue weighted by Gasteiger charge is -2.65. The predicted molar refractivity (Wildman–Crippen MR) is 143 cm³/mol. The van der Waals surface area contributed by atoms with Crippen molar-refractivity contribution < 1.29 is 34.8 Å². The van der Waals surface area contributed by atoms with Gasteiger partial charge in [-0.2, -0.15) is 0 Å². The largest absolute Gasteiger partial charge is 0.512 e. The summed E-state index contributed by atoms with van der Waals surface area (Å²) >= 11 is 0. The number of phenolic OH excluding ortho intramolecular Hbond substituents is 2. The number of amides is 1. The van der Waals surface area contributed by atoms with Crippen LogP contribution in [0, 0.1) is 11.8 Å². The molecule has 1 saturated heterocycles. The highest BCUT2D eigenvalue weighted by Gasteiger charge is 2.69. The number of nitrogens with one attached hydrogen (secondary N) is 1. The molecule has 6 rings (SSSR count). The second kappa shape index (κ2) is 8.99. The van der Waals surface area contributed by atoms with Crippen LogP contribution in [0.4, 0.5) is 5.69 Å². The monoisotopic (exact) mass is 534 g/mol. The number of aliphatic hydroxyl groups is 2. The van der Waals surface area contributed by atoms with Gasteiger partial charge in [0.25, 0.3) is 5.91 Å². The molecule has 9 heteroatoms. The van der Waals surface area contributed by atoms with E-state index in [0.717, 1.165) is 24.9 Å². The molecule has 0 spiro atoms. The summed E-state index contributed by atoms with van der Waals surface area (Å²) in [6, 6.07) is 9.36. The Kier molecular flexibility index (Phi) is 5.93. The molecule has 3 aliphatic carbocycles. The van der Waals surface area contributed by atoms with E-state index < -0.39 is 28.8 Å². The molecule has 206 valence electrons. The molecule has 39 heavy (non-hydrogen) atoms. The number of piperidine rings is 1. The van der Waals surface area contributed by atoms with Crippen molar-refractivity contribution in [3.63, 3.8) is 0 Å². The zero-order valence-corrected chi connectivity index (χ0v) is 22.1. The molecule has 1 amide bonds. The van der Waals surface area contributed by atoms with Gasteiger partial charge in [0.15, 0.2) is 11.5 Å². The van der Waals surface area contributed by atoms with Gasteiger partial charge in [-0.25, -0.2) is 4.79 Å². The van der Waals surface area contributed by atoms with Gasteiger partial charge in [0, 0.05) is 35.9 Å². The Morgan fingerprint density at radius 1 is 1.13 bits per heavy atom.